The molecule has 0 spiro atoms. The first-order chi connectivity index (χ1) is 9.00. The molecule has 1 fully saturated rings. The van der Waals surface area contributed by atoms with E-state index in [-0.39, 0.29) is 11.0 Å². The van der Waals surface area contributed by atoms with E-state index >= 15 is 0 Å². The van der Waals surface area contributed by atoms with Gasteiger partial charge in [-0.25, -0.2) is 4.98 Å². The van der Waals surface area contributed by atoms with E-state index in [1.54, 1.807) is 0 Å². The normalized spacial score (nSPS) is 17.2. The fraction of sp³-hybridized carbons (Fsp3) is 0.467. The van der Waals surface area contributed by atoms with Gasteiger partial charge in [0.25, 0.3) is 0 Å². The van der Waals surface area contributed by atoms with E-state index in [1.807, 2.05) is 0 Å². The number of benzene rings is 1. The van der Waals surface area contributed by atoms with E-state index in [4.69, 9.17) is 4.98 Å². The van der Waals surface area contributed by atoms with Crippen LogP contribution in [0.5, 0.6) is 0 Å². The van der Waals surface area contributed by atoms with E-state index in [1.165, 1.54) is 17.1 Å². The van der Waals surface area contributed by atoms with Crippen LogP contribution in [0.25, 0.3) is 0 Å². The minimum absolute atomic E-state index is 0.0280. The van der Waals surface area contributed by atoms with Gasteiger partial charge in [0.05, 0.1) is 5.41 Å². The van der Waals surface area contributed by atoms with Gasteiger partial charge in [0.15, 0.2) is 5.82 Å². The summed E-state index contributed by atoms with van der Waals surface area (Å²) in [5, 5.41) is 4.32. The van der Waals surface area contributed by atoms with Crippen molar-refractivity contribution in [3.05, 3.63) is 41.7 Å². The predicted octanol–water partition coefficient (Wildman–Crippen LogP) is 3.83. The molecule has 0 saturated heterocycles. The number of rotatable bonds is 3. The number of aromatic nitrogens is 2. The van der Waals surface area contributed by atoms with Crippen molar-refractivity contribution in [2.24, 2.45) is 0 Å². The second-order valence-electron chi connectivity index (χ2n) is 6.25. The molecule has 1 N–H and O–H groups in total. The molecule has 0 amide bonds. The van der Waals surface area contributed by atoms with Crippen LogP contribution in [-0.2, 0) is 5.41 Å². The molecule has 0 aliphatic heterocycles. The molecule has 3 rings (SSSR count). The maximum atomic E-state index is 4.70. The van der Waals surface area contributed by atoms with Gasteiger partial charge in [-0.3, -0.25) is 0 Å². The lowest BCUT2D eigenvalue weighted by atomic mass is 9.95. The first-order valence-electron chi connectivity index (χ1n) is 6.68. The van der Waals surface area contributed by atoms with Gasteiger partial charge in [-0.2, -0.15) is 4.37 Å². The van der Waals surface area contributed by atoms with Crippen molar-refractivity contribution in [1.29, 1.82) is 0 Å². The zero-order chi connectivity index (χ0) is 13.5. The van der Waals surface area contributed by atoms with E-state index in [0.717, 1.165) is 23.8 Å². The molecule has 0 bridgehead atoms. The van der Waals surface area contributed by atoms with Crippen molar-refractivity contribution >= 4 is 16.7 Å². The third-order valence-corrected chi connectivity index (χ3v) is 4.04. The van der Waals surface area contributed by atoms with Crippen LogP contribution in [0.1, 0.15) is 45.0 Å². The molecular weight excluding hydrogens is 254 g/mol. The van der Waals surface area contributed by atoms with Gasteiger partial charge in [0.1, 0.15) is 0 Å². The predicted molar refractivity (Wildman–Crippen MR) is 79.7 cm³/mol. The van der Waals surface area contributed by atoms with Gasteiger partial charge < -0.3 is 5.32 Å². The Labute approximate surface area is 118 Å². The summed E-state index contributed by atoms with van der Waals surface area (Å²) in [6.07, 6.45) is 2.31. The zero-order valence-corrected chi connectivity index (χ0v) is 12.4. The van der Waals surface area contributed by atoms with Crippen LogP contribution in [-0.4, -0.2) is 14.9 Å². The summed E-state index contributed by atoms with van der Waals surface area (Å²) in [6, 6.07) is 10.6. The van der Waals surface area contributed by atoms with Gasteiger partial charge in [-0.15, -0.1) is 0 Å². The molecule has 1 aromatic heterocycles. The Balaban J connectivity index is 1.87. The number of anilines is 1. The molecule has 0 unspecified atom stereocenters. The lowest BCUT2D eigenvalue weighted by Crippen LogP contribution is -2.26. The number of hydrogen-bond donors (Lipinski definition) is 1. The zero-order valence-electron chi connectivity index (χ0n) is 11.6. The number of nitrogens with zero attached hydrogens (tertiary/aromatic N) is 2. The van der Waals surface area contributed by atoms with Crippen LogP contribution >= 0.6 is 11.5 Å². The first kappa shape index (κ1) is 12.6. The van der Waals surface area contributed by atoms with E-state index in [0.29, 0.717) is 0 Å². The summed E-state index contributed by atoms with van der Waals surface area (Å²) >= 11 is 1.47. The average Bonchev–Trinajstić information content (AvgIpc) is 3.05. The Morgan fingerprint density at radius 1 is 1.16 bits per heavy atom. The summed E-state index contributed by atoms with van der Waals surface area (Å²) in [6.45, 7) is 6.41. The van der Waals surface area contributed by atoms with Crippen molar-refractivity contribution < 1.29 is 0 Å². The van der Waals surface area contributed by atoms with Crippen molar-refractivity contribution in [2.75, 3.05) is 5.32 Å². The van der Waals surface area contributed by atoms with Gasteiger partial charge in [0, 0.05) is 17.1 Å². The summed E-state index contributed by atoms with van der Waals surface area (Å²) < 4.78 is 4.58. The van der Waals surface area contributed by atoms with Crippen molar-refractivity contribution in [1.82, 2.24) is 9.36 Å². The summed E-state index contributed by atoms with van der Waals surface area (Å²) in [5.74, 6) is 0.982. The summed E-state index contributed by atoms with van der Waals surface area (Å²) in [7, 11) is 0. The molecule has 1 aromatic carbocycles. The fourth-order valence-corrected chi connectivity index (χ4v) is 3.18. The largest absolute Gasteiger partial charge is 0.356 e. The van der Waals surface area contributed by atoms with E-state index in [2.05, 4.69) is 60.8 Å². The quantitative estimate of drug-likeness (QED) is 0.923. The second kappa shape index (κ2) is 4.30. The van der Waals surface area contributed by atoms with Crippen molar-refractivity contribution in [3.63, 3.8) is 0 Å². The van der Waals surface area contributed by atoms with Crippen molar-refractivity contribution in [3.8, 4) is 0 Å². The topological polar surface area (TPSA) is 37.8 Å². The third-order valence-electron chi connectivity index (χ3n) is 3.41. The van der Waals surface area contributed by atoms with Gasteiger partial charge in [-0.1, -0.05) is 30.3 Å². The number of nitrogens with one attached hydrogen (secondary N) is 1. The van der Waals surface area contributed by atoms with Crippen molar-refractivity contribution in [2.45, 2.75) is 44.6 Å². The van der Waals surface area contributed by atoms with Gasteiger partial charge >= 0.3 is 0 Å². The molecule has 19 heavy (non-hydrogen) atoms. The maximum absolute atomic E-state index is 4.70. The SMILES string of the molecule is CC(C)(C)Nc1nc(C2(c3ccccc3)CC2)ns1. The van der Waals surface area contributed by atoms with Crippen LogP contribution in [0, 0.1) is 0 Å². The highest BCUT2D eigenvalue weighted by Gasteiger charge is 2.49. The maximum Gasteiger partial charge on any atom is 0.203 e. The van der Waals surface area contributed by atoms with E-state index < -0.39 is 0 Å². The lowest BCUT2D eigenvalue weighted by Gasteiger charge is -2.19. The Kier molecular flexibility index (Phi) is 2.86. The second-order valence-corrected chi connectivity index (χ2v) is 7.00. The molecule has 0 atom stereocenters. The molecule has 100 valence electrons. The Bertz CT molecular complexity index is 565. The minimum atomic E-state index is 0.0280. The average molecular weight is 273 g/mol. The molecule has 3 nitrogen and oxygen atoms in total. The summed E-state index contributed by atoms with van der Waals surface area (Å²) in [5.41, 5.74) is 1.45. The molecule has 4 heteroatoms. The first-order valence-corrected chi connectivity index (χ1v) is 7.45. The molecular formula is C15H19N3S. The van der Waals surface area contributed by atoms with E-state index in [9.17, 15) is 0 Å². The van der Waals surface area contributed by atoms with Crippen LogP contribution in [0.15, 0.2) is 30.3 Å². The smallest absolute Gasteiger partial charge is 0.203 e. The Morgan fingerprint density at radius 3 is 2.42 bits per heavy atom. The Morgan fingerprint density at radius 2 is 1.84 bits per heavy atom. The highest BCUT2D eigenvalue weighted by molar-refractivity contribution is 7.09. The highest BCUT2D eigenvalue weighted by atomic mass is 32.1. The highest BCUT2D eigenvalue weighted by Crippen LogP contribution is 2.52. The number of hydrogen-bond acceptors (Lipinski definition) is 4. The minimum Gasteiger partial charge on any atom is -0.356 e. The van der Waals surface area contributed by atoms with Gasteiger partial charge in [0.2, 0.25) is 5.13 Å². The molecule has 1 saturated carbocycles. The Hall–Kier alpha value is -1.42. The van der Waals surface area contributed by atoms with Crippen LogP contribution in [0.4, 0.5) is 5.13 Å². The van der Waals surface area contributed by atoms with Gasteiger partial charge in [-0.05, 0) is 39.2 Å². The van der Waals surface area contributed by atoms with Crippen LogP contribution < -0.4 is 5.32 Å². The molecule has 2 aromatic rings. The summed E-state index contributed by atoms with van der Waals surface area (Å²) in [4.78, 5) is 4.70. The third kappa shape index (κ3) is 2.50. The fourth-order valence-electron chi connectivity index (χ4n) is 2.31. The molecule has 1 aliphatic carbocycles. The van der Waals surface area contributed by atoms with Crippen LogP contribution in [0.2, 0.25) is 0 Å². The standard InChI is InChI=1S/C15H19N3S/c1-14(2,3)17-13-16-12(18-19-13)15(9-10-15)11-7-5-4-6-8-11/h4-8H,9-10H2,1-3H3,(H,16,17,18). The lowest BCUT2D eigenvalue weighted by molar-refractivity contribution is 0.632. The molecule has 0 radical (unpaired) electrons. The molecule has 1 aliphatic rings. The monoisotopic (exact) mass is 273 g/mol. The molecule has 1 heterocycles. The van der Waals surface area contributed by atoms with Crippen LogP contribution in [0.3, 0.4) is 0 Å².